The van der Waals surface area contributed by atoms with E-state index in [-0.39, 0.29) is 12.4 Å². The highest BCUT2D eigenvalue weighted by Crippen LogP contribution is 2.28. The molecule has 2 aromatic heterocycles. The van der Waals surface area contributed by atoms with Crippen LogP contribution in [0.5, 0.6) is 0 Å². The van der Waals surface area contributed by atoms with Gasteiger partial charge in [0.15, 0.2) is 0 Å². The first-order valence-corrected chi connectivity index (χ1v) is 8.26. The summed E-state index contributed by atoms with van der Waals surface area (Å²) >= 11 is 0. The molecule has 0 aliphatic carbocycles. The largest absolute Gasteiger partial charge is 0.481 e. The van der Waals surface area contributed by atoms with Crippen molar-refractivity contribution in [2.75, 3.05) is 5.32 Å². The summed E-state index contributed by atoms with van der Waals surface area (Å²) in [4.78, 5) is 22.2. The fraction of sp³-hybridized carbons (Fsp3) is 0.158. The van der Waals surface area contributed by atoms with E-state index < -0.39 is 17.8 Å². The lowest BCUT2D eigenvalue weighted by molar-refractivity contribution is -0.141. The lowest BCUT2D eigenvalue weighted by Crippen LogP contribution is -2.10. The van der Waals surface area contributed by atoms with Crippen molar-refractivity contribution in [3.63, 3.8) is 0 Å². The van der Waals surface area contributed by atoms with Crippen LogP contribution in [0.4, 0.5) is 24.8 Å². The van der Waals surface area contributed by atoms with Crippen molar-refractivity contribution in [1.82, 2.24) is 15.0 Å². The number of pyridine rings is 1. The van der Waals surface area contributed by atoms with Gasteiger partial charge in [-0.15, -0.1) is 0 Å². The monoisotopic (exact) mass is 388 g/mol. The highest BCUT2D eigenvalue weighted by Gasteiger charge is 2.32. The number of alkyl halides is 3. The van der Waals surface area contributed by atoms with Crippen LogP contribution in [-0.2, 0) is 17.4 Å². The number of hydrogen-bond donors (Lipinski definition) is 2. The predicted molar refractivity (Wildman–Crippen MR) is 95.9 cm³/mol. The number of carbonyl (C=O) groups is 1. The third kappa shape index (κ3) is 5.03. The molecule has 0 atom stereocenters. The van der Waals surface area contributed by atoms with Gasteiger partial charge < -0.3 is 10.4 Å². The van der Waals surface area contributed by atoms with Gasteiger partial charge >= 0.3 is 12.1 Å². The average Bonchev–Trinajstić information content (AvgIpc) is 2.66. The van der Waals surface area contributed by atoms with Gasteiger partial charge in [0.2, 0.25) is 5.95 Å². The van der Waals surface area contributed by atoms with Crippen LogP contribution in [0.2, 0.25) is 0 Å². The van der Waals surface area contributed by atoms with Crippen molar-refractivity contribution < 1.29 is 23.1 Å². The number of carboxylic acid groups (broad SMARTS) is 1. The second-order valence-corrected chi connectivity index (χ2v) is 5.90. The Morgan fingerprint density at radius 3 is 2.57 bits per heavy atom. The molecule has 0 aliphatic heterocycles. The molecule has 144 valence electrons. The Hall–Kier alpha value is -3.49. The number of aliphatic carboxylic acids is 1. The quantitative estimate of drug-likeness (QED) is 0.654. The Kier molecular flexibility index (Phi) is 5.53. The molecular weight excluding hydrogens is 373 g/mol. The number of halogens is 3. The molecule has 9 heteroatoms. The molecule has 0 spiro atoms. The van der Waals surface area contributed by atoms with Crippen molar-refractivity contribution in [3.05, 3.63) is 66.2 Å². The smallest absolute Gasteiger partial charge is 0.433 e. The van der Waals surface area contributed by atoms with Crippen LogP contribution in [0.15, 0.2) is 54.9 Å². The lowest BCUT2D eigenvalue weighted by atomic mass is 10.1. The zero-order chi connectivity index (χ0) is 20.1. The number of benzene rings is 1. The zero-order valence-corrected chi connectivity index (χ0v) is 14.4. The van der Waals surface area contributed by atoms with Gasteiger partial charge in [-0.3, -0.25) is 9.78 Å². The number of rotatable bonds is 6. The van der Waals surface area contributed by atoms with Crippen LogP contribution in [0.3, 0.4) is 0 Å². The molecule has 3 rings (SSSR count). The molecule has 2 heterocycles. The van der Waals surface area contributed by atoms with Gasteiger partial charge in [-0.05, 0) is 29.8 Å². The van der Waals surface area contributed by atoms with E-state index in [0.29, 0.717) is 17.8 Å². The van der Waals surface area contributed by atoms with Gasteiger partial charge in [-0.2, -0.15) is 13.2 Å². The molecule has 0 fully saturated rings. The third-order valence-electron chi connectivity index (χ3n) is 3.82. The fourth-order valence-electron chi connectivity index (χ4n) is 2.46. The maximum Gasteiger partial charge on any atom is 0.433 e. The van der Waals surface area contributed by atoms with Gasteiger partial charge in [0, 0.05) is 35.8 Å². The second kappa shape index (κ2) is 8.03. The van der Waals surface area contributed by atoms with Crippen LogP contribution < -0.4 is 5.32 Å². The molecule has 0 radical (unpaired) electrons. The van der Waals surface area contributed by atoms with E-state index in [0.717, 1.165) is 23.4 Å². The number of carboxylic acids is 1. The Balaban J connectivity index is 1.76. The highest BCUT2D eigenvalue weighted by atomic mass is 19.4. The van der Waals surface area contributed by atoms with Crippen molar-refractivity contribution in [1.29, 1.82) is 0 Å². The Bertz CT molecular complexity index is 975. The Morgan fingerprint density at radius 2 is 1.89 bits per heavy atom. The van der Waals surface area contributed by atoms with Crippen LogP contribution in [0.25, 0.3) is 11.1 Å². The number of nitrogens with zero attached hydrogens (tertiary/aromatic N) is 3. The maximum atomic E-state index is 12.8. The molecule has 3 aromatic rings. The second-order valence-electron chi connectivity index (χ2n) is 5.90. The van der Waals surface area contributed by atoms with Gasteiger partial charge in [0.05, 0.1) is 6.42 Å². The number of aryl methyl sites for hydroxylation is 1. The number of aromatic nitrogens is 3. The molecule has 0 aliphatic rings. The number of nitrogens with one attached hydrogen (secondary N) is 1. The average molecular weight is 388 g/mol. The van der Waals surface area contributed by atoms with Crippen LogP contribution in [-0.4, -0.2) is 26.0 Å². The normalized spacial score (nSPS) is 11.2. The molecular formula is C19H15F3N4O2. The molecule has 0 saturated heterocycles. The minimum Gasteiger partial charge on any atom is -0.481 e. The molecule has 0 amide bonds. The molecule has 6 nitrogen and oxygen atoms in total. The first-order chi connectivity index (χ1) is 13.3. The standard InChI is InChI=1S/C19H15F3N4O2/c20-19(21,22)16-8-9-23-18(26-16)25-15-3-1-2-12(10-15)13-4-5-14(24-11-13)6-7-17(27)28/h1-5,8-11H,6-7H2,(H,27,28)(H,23,25,26). The Labute approximate surface area is 158 Å². The van der Waals surface area contributed by atoms with E-state index in [1.54, 1.807) is 30.5 Å². The topological polar surface area (TPSA) is 88.0 Å². The van der Waals surface area contributed by atoms with E-state index in [1.807, 2.05) is 12.1 Å². The van der Waals surface area contributed by atoms with Gasteiger partial charge in [0.25, 0.3) is 0 Å². The van der Waals surface area contributed by atoms with Crippen molar-refractivity contribution in [3.8, 4) is 11.1 Å². The van der Waals surface area contributed by atoms with Crippen molar-refractivity contribution in [2.24, 2.45) is 0 Å². The summed E-state index contributed by atoms with van der Waals surface area (Å²) in [6.07, 6.45) is -1.54. The predicted octanol–water partition coefficient (Wildman–Crippen LogP) is 4.32. The van der Waals surface area contributed by atoms with Crippen molar-refractivity contribution in [2.45, 2.75) is 19.0 Å². The first kappa shape index (κ1) is 19.3. The minimum atomic E-state index is -4.55. The van der Waals surface area contributed by atoms with Gasteiger partial charge in [-0.25, -0.2) is 9.97 Å². The SMILES string of the molecule is O=C(O)CCc1ccc(-c2cccc(Nc3nccc(C(F)(F)F)n3)c2)cn1. The third-order valence-corrected chi connectivity index (χ3v) is 3.82. The lowest BCUT2D eigenvalue weighted by Gasteiger charge is -2.10. The Morgan fingerprint density at radius 1 is 1.07 bits per heavy atom. The van der Waals surface area contributed by atoms with Gasteiger partial charge in [-0.1, -0.05) is 18.2 Å². The van der Waals surface area contributed by atoms with E-state index in [1.165, 1.54) is 0 Å². The first-order valence-electron chi connectivity index (χ1n) is 8.26. The summed E-state index contributed by atoms with van der Waals surface area (Å²) in [6.45, 7) is 0. The summed E-state index contributed by atoms with van der Waals surface area (Å²) < 4.78 is 38.3. The summed E-state index contributed by atoms with van der Waals surface area (Å²) in [5.74, 6) is -1.05. The zero-order valence-electron chi connectivity index (χ0n) is 14.4. The maximum absolute atomic E-state index is 12.8. The van der Waals surface area contributed by atoms with Crippen molar-refractivity contribution >= 4 is 17.6 Å². The summed E-state index contributed by atoms with van der Waals surface area (Å²) in [5.41, 5.74) is 1.73. The molecule has 0 unspecified atom stereocenters. The molecule has 0 saturated carbocycles. The van der Waals surface area contributed by atoms with Gasteiger partial charge in [0.1, 0.15) is 5.69 Å². The van der Waals surface area contributed by atoms with E-state index >= 15 is 0 Å². The summed E-state index contributed by atoms with van der Waals surface area (Å²) in [5, 5.41) is 11.5. The fourth-order valence-corrected chi connectivity index (χ4v) is 2.46. The summed E-state index contributed by atoms with van der Waals surface area (Å²) in [7, 11) is 0. The van der Waals surface area contributed by atoms with Crippen LogP contribution in [0, 0.1) is 0 Å². The van der Waals surface area contributed by atoms with E-state index in [9.17, 15) is 18.0 Å². The number of hydrogen-bond acceptors (Lipinski definition) is 5. The number of anilines is 2. The molecule has 1 aromatic carbocycles. The highest BCUT2D eigenvalue weighted by molar-refractivity contribution is 5.69. The van der Waals surface area contributed by atoms with E-state index in [2.05, 4.69) is 20.3 Å². The van der Waals surface area contributed by atoms with Crippen LogP contribution >= 0.6 is 0 Å². The van der Waals surface area contributed by atoms with E-state index in [4.69, 9.17) is 5.11 Å². The van der Waals surface area contributed by atoms with Crippen LogP contribution in [0.1, 0.15) is 17.8 Å². The molecule has 2 N–H and O–H groups in total. The molecule has 0 bridgehead atoms. The minimum absolute atomic E-state index is 0.00272. The molecule has 28 heavy (non-hydrogen) atoms. The summed E-state index contributed by atoms with van der Waals surface area (Å²) in [6, 6.07) is 11.3.